The van der Waals surface area contributed by atoms with Crippen molar-refractivity contribution in [2.24, 2.45) is 17.3 Å². The van der Waals surface area contributed by atoms with Crippen LogP contribution in [0.3, 0.4) is 0 Å². The second-order valence-corrected chi connectivity index (χ2v) is 4.26. The Morgan fingerprint density at radius 1 is 1.50 bits per heavy atom. The van der Waals surface area contributed by atoms with E-state index in [9.17, 15) is 4.79 Å². The monoisotopic (exact) mass is 166 g/mol. The molecule has 3 aliphatic carbocycles. The molecular formula is C10H14O2. The minimum atomic E-state index is -0.624. The van der Waals surface area contributed by atoms with E-state index in [-0.39, 0.29) is 5.92 Å². The van der Waals surface area contributed by atoms with Crippen molar-refractivity contribution < 1.29 is 9.90 Å². The van der Waals surface area contributed by atoms with Crippen LogP contribution in [-0.2, 0) is 4.79 Å². The molecule has 0 aromatic carbocycles. The first-order valence-electron chi connectivity index (χ1n) is 4.54. The van der Waals surface area contributed by atoms with Crippen molar-refractivity contribution in [2.75, 3.05) is 0 Å². The molecule has 12 heavy (non-hydrogen) atoms. The predicted octanol–water partition coefficient (Wildman–Crippen LogP) is 2.06. The largest absolute Gasteiger partial charge is 0.481 e. The van der Waals surface area contributed by atoms with Gasteiger partial charge >= 0.3 is 5.97 Å². The van der Waals surface area contributed by atoms with Gasteiger partial charge in [0.15, 0.2) is 0 Å². The van der Waals surface area contributed by atoms with E-state index in [0.717, 1.165) is 12.8 Å². The molecule has 0 aromatic heterocycles. The molecule has 1 N–H and O–H groups in total. The topological polar surface area (TPSA) is 37.3 Å². The Bertz CT molecular complexity index is 244. The van der Waals surface area contributed by atoms with Crippen LogP contribution in [0.1, 0.15) is 26.2 Å². The van der Waals surface area contributed by atoms with Crippen molar-refractivity contribution in [3.05, 3.63) is 12.2 Å². The minimum Gasteiger partial charge on any atom is -0.481 e. The van der Waals surface area contributed by atoms with Gasteiger partial charge in [0.2, 0.25) is 0 Å². The Balaban J connectivity index is 2.31. The average Bonchev–Trinajstić information content (AvgIpc) is 2.05. The van der Waals surface area contributed by atoms with Crippen molar-refractivity contribution in [3.63, 3.8) is 0 Å². The van der Waals surface area contributed by atoms with Gasteiger partial charge in [-0.3, -0.25) is 4.79 Å². The maximum Gasteiger partial charge on any atom is 0.309 e. The highest BCUT2D eigenvalue weighted by Gasteiger charge is 2.46. The maximum atomic E-state index is 11.0. The Morgan fingerprint density at radius 2 is 2.25 bits per heavy atom. The third-order valence-corrected chi connectivity index (χ3v) is 3.46. The van der Waals surface area contributed by atoms with Crippen LogP contribution < -0.4 is 0 Å². The maximum absolute atomic E-state index is 11.0. The summed E-state index contributed by atoms with van der Waals surface area (Å²) in [6.45, 7) is 1.88. The molecule has 0 saturated heterocycles. The van der Waals surface area contributed by atoms with Crippen LogP contribution in [0.4, 0.5) is 0 Å². The van der Waals surface area contributed by atoms with E-state index < -0.39 is 11.4 Å². The molecule has 0 spiro atoms. The van der Waals surface area contributed by atoms with Gasteiger partial charge in [-0.25, -0.2) is 0 Å². The van der Waals surface area contributed by atoms with Gasteiger partial charge in [-0.05, 0) is 38.0 Å². The first-order chi connectivity index (χ1) is 5.63. The molecule has 3 rings (SSSR count). The van der Waals surface area contributed by atoms with E-state index in [1.165, 1.54) is 6.42 Å². The smallest absolute Gasteiger partial charge is 0.309 e. The van der Waals surface area contributed by atoms with Crippen molar-refractivity contribution in [3.8, 4) is 0 Å². The number of carbonyl (C=O) groups is 1. The van der Waals surface area contributed by atoms with Crippen LogP contribution >= 0.6 is 0 Å². The molecular weight excluding hydrogens is 152 g/mol. The van der Waals surface area contributed by atoms with Gasteiger partial charge in [0.25, 0.3) is 0 Å². The summed E-state index contributed by atoms with van der Waals surface area (Å²) in [6.07, 6.45) is 7.38. The fourth-order valence-electron chi connectivity index (χ4n) is 2.52. The molecule has 0 radical (unpaired) electrons. The standard InChI is InChI=1S/C10H14O2/c1-10(9(11)12)6-7-2-4-8(10)5-3-7/h2,4,7-8H,3,5-6H2,1H3,(H,11,12)/t7-,8+,10+/m1/s1. The fraction of sp³-hybridized carbons (Fsp3) is 0.700. The van der Waals surface area contributed by atoms with Crippen LogP contribution in [0.5, 0.6) is 0 Å². The number of allylic oxidation sites excluding steroid dienone is 2. The van der Waals surface area contributed by atoms with E-state index in [4.69, 9.17) is 5.11 Å². The summed E-state index contributed by atoms with van der Waals surface area (Å²) in [7, 11) is 0. The van der Waals surface area contributed by atoms with E-state index in [2.05, 4.69) is 12.2 Å². The summed E-state index contributed by atoms with van der Waals surface area (Å²) in [5, 5.41) is 9.09. The molecule has 2 nitrogen and oxygen atoms in total. The van der Waals surface area contributed by atoms with E-state index in [0.29, 0.717) is 5.92 Å². The Hall–Kier alpha value is -0.790. The van der Waals surface area contributed by atoms with Crippen molar-refractivity contribution >= 4 is 5.97 Å². The fourth-order valence-corrected chi connectivity index (χ4v) is 2.52. The lowest BCUT2D eigenvalue weighted by atomic mass is 9.60. The van der Waals surface area contributed by atoms with E-state index in [1.54, 1.807) is 0 Å². The number of hydrogen-bond donors (Lipinski definition) is 1. The molecule has 0 unspecified atom stereocenters. The summed E-state index contributed by atoms with van der Waals surface area (Å²) in [4.78, 5) is 11.0. The highest BCUT2D eigenvalue weighted by molar-refractivity contribution is 5.75. The summed E-state index contributed by atoms with van der Waals surface area (Å²) < 4.78 is 0. The van der Waals surface area contributed by atoms with E-state index in [1.807, 2.05) is 6.92 Å². The zero-order valence-corrected chi connectivity index (χ0v) is 7.29. The molecule has 1 fully saturated rings. The minimum absolute atomic E-state index is 0.278. The average molecular weight is 166 g/mol. The number of aliphatic carboxylic acids is 1. The molecule has 2 bridgehead atoms. The number of hydrogen-bond acceptors (Lipinski definition) is 1. The zero-order chi connectivity index (χ0) is 8.77. The van der Waals surface area contributed by atoms with Gasteiger partial charge in [-0.15, -0.1) is 0 Å². The normalized spacial score (nSPS) is 44.8. The lowest BCUT2D eigenvalue weighted by Crippen LogP contribution is -2.42. The van der Waals surface area contributed by atoms with Crippen molar-refractivity contribution in [1.29, 1.82) is 0 Å². The molecule has 66 valence electrons. The predicted molar refractivity (Wildman–Crippen MR) is 45.7 cm³/mol. The first-order valence-corrected chi connectivity index (χ1v) is 4.54. The van der Waals surface area contributed by atoms with Crippen molar-refractivity contribution in [2.45, 2.75) is 26.2 Å². The molecule has 1 saturated carbocycles. The van der Waals surface area contributed by atoms with Gasteiger partial charge < -0.3 is 5.11 Å². The van der Waals surface area contributed by atoms with Gasteiger partial charge in [-0.1, -0.05) is 12.2 Å². The van der Waals surface area contributed by atoms with Crippen LogP contribution in [0.15, 0.2) is 12.2 Å². The molecule has 0 amide bonds. The quantitative estimate of drug-likeness (QED) is 0.605. The Kier molecular flexibility index (Phi) is 1.53. The summed E-state index contributed by atoms with van der Waals surface area (Å²) in [5.74, 6) is 0.178. The molecule has 0 aromatic rings. The zero-order valence-electron chi connectivity index (χ0n) is 7.29. The van der Waals surface area contributed by atoms with Crippen LogP contribution in [-0.4, -0.2) is 11.1 Å². The van der Waals surface area contributed by atoms with Gasteiger partial charge in [-0.2, -0.15) is 0 Å². The van der Waals surface area contributed by atoms with Crippen LogP contribution in [0, 0.1) is 17.3 Å². The van der Waals surface area contributed by atoms with E-state index >= 15 is 0 Å². The third-order valence-electron chi connectivity index (χ3n) is 3.46. The first kappa shape index (κ1) is 7.84. The van der Waals surface area contributed by atoms with Gasteiger partial charge in [0.05, 0.1) is 5.41 Å². The highest BCUT2D eigenvalue weighted by atomic mass is 16.4. The molecule has 2 heteroatoms. The number of rotatable bonds is 1. The molecule has 0 aliphatic heterocycles. The molecule has 3 atom stereocenters. The van der Waals surface area contributed by atoms with Gasteiger partial charge in [0.1, 0.15) is 0 Å². The number of carboxylic acids is 1. The second kappa shape index (κ2) is 2.35. The van der Waals surface area contributed by atoms with Crippen LogP contribution in [0.25, 0.3) is 0 Å². The molecule has 0 heterocycles. The van der Waals surface area contributed by atoms with Gasteiger partial charge in [0, 0.05) is 0 Å². The number of carboxylic acid groups (broad SMARTS) is 1. The Morgan fingerprint density at radius 3 is 2.50 bits per heavy atom. The number of fused-ring (bicyclic) bond motifs is 2. The molecule has 3 aliphatic rings. The summed E-state index contributed by atoms with van der Waals surface area (Å²) in [6, 6.07) is 0. The third kappa shape index (κ3) is 0.904. The second-order valence-electron chi connectivity index (χ2n) is 4.26. The highest BCUT2D eigenvalue weighted by Crippen LogP contribution is 2.48. The van der Waals surface area contributed by atoms with Crippen molar-refractivity contribution in [1.82, 2.24) is 0 Å². The SMILES string of the molecule is C[C@]1(C(=O)O)C[C@@H]2C=C[C@H]1CC2. The lowest BCUT2D eigenvalue weighted by molar-refractivity contribution is -0.153. The summed E-state index contributed by atoms with van der Waals surface area (Å²) >= 11 is 0. The lowest BCUT2D eigenvalue weighted by Gasteiger charge is -2.43. The van der Waals surface area contributed by atoms with Crippen LogP contribution in [0.2, 0.25) is 0 Å². The summed E-state index contributed by atoms with van der Waals surface area (Å²) in [5.41, 5.74) is -0.475. The Labute approximate surface area is 72.3 Å².